The third kappa shape index (κ3) is 4.54. The number of rotatable bonds is 5. The summed E-state index contributed by atoms with van der Waals surface area (Å²) in [6.45, 7) is 6.41. The fourth-order valence-corrected chi connectivity index (χ4v) is 5.37. The molecule has 2 aromatic carbocycles. The molecule has 0 radical (unpaired) electrons. The Labute approximate surface area is 185 Å². The summed E-state index contributed by atoms with van der Waals surface area (Å²) >= 11 is 0. The van der Waals surface area contributed by atoms with Gasteiger partial charge in [0.15, 0.2) is 0 Å². The topological polar surface area (TPSA) is 44.8 Å². The summed E-state index contributed by atoms with van der Waals surface area (Å²) in [6.07, 6.45) is 4.11. The van der Waals surface area contributed by atoms with Crippen molar-refractivity contribution in [3.63, 3.8) is 0 Å². The van der Waals surface area contributed by atoms with Crippen molar-refractivity contribution in [2.75, 3.05) is 39.4 Å². The van der Waals surface area contributed by atoms with Crippen molar-refractivity contribution < 1.29 is 9.53 Å². The van der Waals surface area contributed by atoms with E-state index in [1.165, 1.54) is 16.7 Å². The van der Waals surface area contributed by atoms with Gasteiger partial charge >= 0.3 is 0 Å². The molecule has 3 aliphatic rings. The molecule has 1 amide bonds. The molecule has 164 valence electrons. The molecule has 0 spiro atoms. The van der Waals surface area contributed by atoms with Crippen molar-refractivity contribution in [1.29, 1.82) is 0 Å². The molecule has 5 rings (SSSR count). The summed E-state index contributed by atoms with van der Waals surface area (Å²) in [5.41, 5.74) is 5.16. The van der Waals surface area contributed by atoms with Crippen LogP contribution in [0.4, 0.5) is 0 Å². The minimum atomic E-state index is -0.225. The van der Waals surface area contributed by atoms with Crippen LogP contribution in [0.5, 0.6) is 0 Å². The molecule has 1 N–H and O–H groups in total. The maximum Gasteiger partial charge on any atom is 0.244 e. The minimum Gasteiger partial charge on any atom is -0.379 e. The van der Waals surface area contributed by atoms with E-state index in [0.29, 0.717) is 0 Å². The van der Waals surface area contributed by atoms with Crippen molar-refractivity contribution in [3.8, 4) is 0 Å². The molecule has 0 saturated carbocycles. The highest BCUT2D eigenvalue weighted by Gasteiger charge is 2.35. The zero-order chi connectivity index (χ0) is 21.0. The number of carbonyl (C=O) groups is 1. The fraction of sp³-hybridized carbons (Fsp3) is 0.500. The Kier molecular flexibility index (Phi) is 6.35. The average molecular weight is 420 g/mol. The number of hydrogen-bond acceptors (Lipinski definition) is 4. The third-order valence-corrected chi connectivity index (χ3v) is 7.11. The monoisotopic (exact) mass is 419 g/mol. The van der Waals surface area contributed by atoms with E-state index in [1.54, 1.807) is 0 Å². The Morgan fingerprint density at radius 3 is 2.58 bits per heavy atom. The van der Waals surface area contributed by atoms with E-state index in [4.69, 9.17) is 4.74 Å². The maximum atomic E-state index is 13.8. The Morgan fingerprint density at radius 1 is 1.00 bits per heavy atom. The van der Waals surface area contributed by atoms with Crippen LogP contribution in [0.1, 0.15) is 41.1 Å². The van der Waals surface area contributed by atoms with Crippen LogP contribution < -0.4 is 5.32 Å². The number of hydrogen-bond donors (Lipinski definition) is 1. The first-order valence-electron chi connectivity index (χ1n) is 11.8. The van der Waals surface area contributed by atoms with Crippen LogP contribution in [-0.2, 0) is 28.9 Å². The second-order valence-corrected chi connectivity index (χ2v) is 9.02. The minimum absolute atomic E-state index is 0.225. The zero-order valence-electron chi connectivity index (χ0n) is 18.3. The molecular weight excluding hydrogens is 386 g/mol. The van der Waals surface area contributed by atoms with Crippen molar-refractivity contribution in [2.24, 2.45) is 0 Å². The highest BCUT2D eigenvalue weighted by molar-refractivity contribution is 5.84. The van der Waals surface area contributed by atoms with Crippen molar-refractivity contribution >= 4 is 5.91 Å². The van der Waals surface area contributed by atoms with Gasteiger partial charge in [0.25, 0.3) is 0 Å². The van der Waals surface area contributed by atoms with Gasteiger partial charge in [-0.15, -0.1) is 0 Å². The van der Waals surface area contributed by atoms with Gasteiger partial charge in [0.2, 0.25) is 5.91 Å². The van der Waals surface area contributed by atoms with Gasteiger partial charge in [-0.25, -0.2) is 0 Å². The number of nitrogens with one attached hydrogen (secondary N) is 1. The molecule has 0 bridgehead atoms. The lowest BCUT2D eigenvalue weighted by atomic mass is 9.88. The highest BCUT2D eigenvalue weighted by Crippen LogP contribution is 2.31. The first-order valence-corrected chi connectivity index (χ1v) is 11.8. The highest BCUT2D eigenvalue weighted by atomic mass is 16.5. The molecular formula is C26H33N3O2. The smallest absolute Gasteiger partial charge is 0.244 e. The van der Waals surface area contributed by atoms with Crippen LogP contribution in [0.25, 0.3) is 0 Å². The Balaban J connectivity index is 1.33. The number of amides is 1. The molecule has 2 atom stereocenters. The van der Waals surface area contributed by atoms with E-state index in [-0.39, 0.29) is 18.0 Å². The lowest BCUT2D eigenvalue weighted by molar-refractivity contribution is -0.137. The summed E-state index contributed by atoms with van der Waals surface area (Å²) in [5.74, 6) is 0.234. The largest absolute Gasteiger partial charge is 0.379 e. The number of fused-ring (bicyclic) bond motifs is 2. The lowest BCUT2D eigenvalue weighted by Gasteiger charge is -2.40. The molecule has 31 heavy (non-hydrogen) atoms. The van der Waals surface area contributed by atoms with Crippen LogP contribution >= 0.6 is 0 Å². The molecule has 1 unspecified atom stereocenters. The fourth-order valence-electron chi connectivity index (χ4n) is 5.37. The van der Waals surface area contributed by atoms with Gasteiger partial charge < -0.3 is 15.0 Å². The van der Waals surface area contributed by atoms with E-state index < -0.39 is 0 Å². The molecule has 5 heteroatoms. The van der Waals surface area contributed by atoms with Crippen LogP contribution in [-0.4, -0.2) is 61.1 Å². The SMILES string of the molecule is O=C(C1NCCc2ccccc21)N1Cc2ccccc2C[C@H]1CCCN1CCOCC1. The standard InChI is InChI=1S/C26H33N3O2/c30-26(25-24-10-4-3-6-20(24)11-12-27-25)29-19-22-8-2-1-7-21(22)18-23(29)9-5-13-28-14-16-31-17-15-28/h1-4,6-8,10,23,25,27H,5,9,11-19H2/t23-,25?/m1/s1. The number of nitrogens with zero attached hydrogens (tertiary/aromatic N) is 2. The molecule has 3 heterocycles. The summed E-state index contributed by atoms with van der Waals surface area (Å²) < 4.78 is 5.48. The number of ether oxygens (including phenoxy) is 1. The number of morpholine rings is 1. The summed E-state index contributed by atoms with van der Waals surface area (Å²) in [6, 6.07) is 17.1. The van der Waals surface area contributed by atoms with E-state index in [1.807, 2.05) is 0 Å². The van der Waals surface area contributed by atoms with Crippen LogP contribution in [0.2, 0.25) is 0 Å². The first-order chi connectivity index (χ1) is 15.3. The van der Waals surface area contributed by atoms with Crippen LogP contribution in [0.15, 0.2) is 48.5 Å². The van der Waals surface area contributed by atoms with E-state index in [9.17, 15) is 4.79 Å². The van der Waals surface area contributed by atoms with Gasteiger partial charge in [0.05, 0.1) is 13.2 Å². The van der Waals surface area contributed by atoms with Gasteiger partial charge in [0.1, 0.15) is 6.04 Å². The molecule has 1 saturated heterocycles. The quantitative estimate of drug-likeness (QED) is 0.809. The molecule has 2 aromatic rings. The predicted octanol–water partition coefficient (Wildman–Crippen LogP) is 2.94. The normalized spacial score (nSPS) is 23.8. The van der Waals surface area contributed by atoms with Crippen molar-refractivity contribution in [1.82, 2.24) is 15.1 Å². The second kappa shape index (κ2) is 9.51. The Morgan fingerprint density at radius 2 is 1.74 bits per heavy atom. The van der Waals surface area contributed by atoms with E-state index >= 15 is 0 Å². The third-order valence-electron chi connectivity index (χ3n) is 7.11. The van der Waals surface area contributed by atoms with Gasteiger partial charge in [0, 0.05) is 32.2 Å². The number of benzene rings is 2. The Hall–Kier alpha value is -2.21. The van der Waals surface area contributed by atoms with Gasteiger partial charge in [-0.1, -0.05) is 48.5 Å². The predicted molar refractivity (Wildman–Crippen MR) is 122 cm³/mol. The summed E-state index contributed by atoms with van der Waals surface area (Å²) in [7, 11) is 0. The van der Waals surface area contributed by atoms with Gasteiger partial charge in [-0.3, -0.25) is 9.69 Å². The van der Waals surface area contributed by atoms with Gasteiger partial charge in [-0.05, 0) is 54.5 Å². The molecule has 0 aliphatic carbocycles. The lowest BCUT2D eigenvalue weighted by Crippen LogP contribution is -2.50. The summed E-state index contributed by atoms with van der Waals surface area (Å²) in [5, 5.41) is 3.51. The molecule has 1 fully saturated rings. The molecule has 5 nitrogen and oxygen atoms in total. The second-order valence-electron chi connectivity index (χ2n) is 9.02. The molecule has 0 aromatic heterocycles. The zero-order valence-corrected chi connectivity index (χ0v) is 18.3. The van der Waals surface area contributed by atoms with Crippen molar-refractivity contribution in [2.45, 2.75) is 44.3 Å². The first kappa shape index (κ1) is 20.7. The Bertz CT molecular complexity index is 909. The summed E-state index contributed by atoms with van der Waals surface area (Å²) in [4.78, 5) is 18.5. The van der Waals surface area contributed by atoms with E-state index in [0.717, 1.165) is 77.2 Å². The van der Waals surface area contributed by atoms with Gasteiger partial charge in [-0.2, -0.15) is 0 Å². The molecule has 3 aliphatic heterocycles. The van der Waals surface area contributed by atoms with Crippen LogP contribution in [0, 0.1) is 0 Å². The van der Waals surface area contributed by atoms with E-state index in [2.05, 4.69) is 63.6 Å². The van der Waals surface area contributed by atoms with Crippen molar-refractivity contribution in [3.05, 3.63) is 70.8 Å². The maximum absolute atomic E-state index is 13.8. The number of carbonyl (C=O) groups excluding carboxylic acids is 1. The van der Waals surface area contributed by atoms with Crippen LogP contribution in [0.3, 0.4) is 0 Å². The average Bonchev–Trinajstić information content (AvgIpc) is 2.83.